The molecule has 1 aromatic carbocycles. The molecular formula is C23H34N2O2. The summed E-state index contributed by atoms with van der Waals surface area (Å²) in [6.45, 7) is 10.8. The van der Waals surface area contributed by atoms with Gasteiger partial charge in [-0.15, -0.1) is 0 Å². The number of hydrogen-bond donors (Lipinski definition) is 0. The van der Waals surface area contributed by atoms with E-state index < -0.39 is 5.60 Å². The SMILES string of the molecule is CC(C)(C)OC(=O)N1CCC(=Cc2ccc(CN3CCCCC3)cc2)CC1. The Hall–Kier alpha value is -1.81. The van der Waals surface area contributed by atoms with Crippen LogP contribution in [0.2, 0.25) is 0 Å². The number of benzene rings is 1. The van der Waals surface area contributed by atoms with Crippen LogP contribution < -0.4 is 0 Å². The van der Waals surface area contributed by atoms with E-state index in [9.17, 15) is 4.79 Å². The van der Waals surface area contributed by atoms with E-state index in [-0.39, 0.29) is 6.09 Å². The molecule has 3 rings (SSSR count). The summed E-state index contributed by atoms with van der Waals surface area (Å²) >= 11 is 0. The quantitative estimate of drug-likeness (QED) is 0.743. The molecule has 0 saturated carbocycles. The second-order valence-electron chi connectivity index (χ2n) is 8.85. The largest absolute Gasteiger partial charge is 0.444 e. The molecule has 0 radical (unpaired) electrons. The smallest absolute Gasteiger partial charge is 0.410 e. The summed E-state index contributed by atoms with van der Waals surface area (Å²) in [7, 11) is 0. The first kappa shape index (κ1) is 19.9. The van der Waals surface area contributed by atoms with Crippen LogP contribution in [0.1, 0.15) is 64.0 Å². The summed E-state index contributed by atoms with van der Waals surface area (Å²) in [5, 5.41) is 0. The van der Waals surface area contributed by atoms with Gasteiger partial charge in [-0.3, -0.25) is 4.90 Å². The lowest BCUT2D eigenvalue weighted by Crippen LogP contribution is -2.40. The molecule has 1 amide bonds. The fraction of sp³-hybridized carbons (Fsp3) is 0.609. The molecule has 2 aliphatic heterocycles. The van der Waals surface area contributed by atoms with Gasteiger partial charge in [0, 0.05) is 19.6 Å². The minimum Gasteiger partial charge on any atom is -0.444 e. The molecule has 0 spiro atoms. The normalized spacial score (nSPS) is 19.1. The fourth-order valence-corrected chi connectivity index (χ4v) is 3.78. The van der Waals surface area contributed by atoms with Gasteiger partial charge in [-0.05, 0) is 70.7 Å². The molecule has 0 atom stereocenters. The van der Waals surface area contributed by atoms with E-state index in [2.05, 4.69) is 35.2 Å². The summed E-state index contributed by atoms with van der Waals surface area (Å²) in [5.74, 6) is 0. The molecule has 0 aromatic heterocycles. The molecule has 1 aromatic rings. The van der Waals surface area contributed by atoms with Gasteiger partial charge in [-0.1, -0.05) is 42.3 Å². The molecule has 2 fully saturated rings. The van der Waals surface area contributed by atoms with E-state index in [0.29, 0.717) is 0 Å². The Balaban J connectivity index is 1.50. The molecule has 2 saturated heterocycles. The highest BCUT2D eigenvalue weighted by molar-refractivity contribution is 5.68. The van der Waals surface area contributed by atoms with Crippen molar-refractivity contribution in [1.82, 2.24) is 9.80 Å². The first-order valence-electron chi connectivity index (χ1n) is 10.4. The maximum atomic E-state index is 12.2. The van der Waals surface area contributed by atoms with E-state index in [4.69, 9.17) is 4.74 Å². The average molecular weight is 371 g/mol. The highest BCUT2D eigenvalue weighted by Gasteiger charge is 2.24. The van der Waals surface area contributed by atoms with Crippen LogP contribution in [0.3, 0.4) is 0 Å². The lowest BCUT2D eigenvalue weighted by Gasteiger charge is -2.31. The van der Waals surface area contributed by atoms with Crippen LogP contribution in [0, 0.1) is 0 Å². The van der Waals surface area contributed by atoms with Crippen molar-refractivity contribution >= 4 is 12.2 Å². The number of likely N-dealkylation sites (tertiary alicyclic amines) is 2. The second kappa shape index (κ2) is 8.92. The maximum absolute atomic E-state index is 12.2. The predicted molar refractivity (Wildman–Crippen MR) is 111 cm³/mol. The number of piperidine rings is 2. The number of rotatable bonds is 3. The Labute approximate surface area is 164 Å². The van der Waals surface area contributed by atoms with Gasteiger partial charge < -0.3 is 9.64 Å². The van der Waals surface area contributed by atoms with E-state index in [0.717, 1.165) is 32.5 Å². The minimum atomic E-state index is -0.427. The molecule has 2 heterocycles. The van der Waals surface area contributed by atoms with Crippen molar-refractivity contribution in [2.45, 2.75) is 65.0 Å². The van der Waals surface area contributed by atoms with Gasteiger partial charge in [0.2, 0.25) is 0 Å². The summed E-state index contributed by atoms with van der Waals surface area (Å²) in [6.07, 6.45) is 8.01. The Bertz CT molecular complexity index is 642. The lowest BCUT2D eigenvalue weighted by molar-refractivity contribution is 0.0237. The summed E-state index contributed by atoms with van der Waals surface area (Å²) < 4.78 is 5.47. The second-order valence-corrected chi connectivity index (χ2v) is 8.85. The van der Waals surface area contributed by atoms with Gasteiger partial charge in [0.25, 0.3) is 0 Å². The van der Waals surface area contributed by atoms with Crippen LogP contribution in [0.5, 0.6) is 0 Å². The van der Waals surface area contributed by atoms with Gasteiger partial charge in [-0.25, -0.2) is 4.79 Å². The summed E-state index contributed by atoms with van der Waals surface area (Å²) in [4.78, 5) is 16.5. The van der Waals surface area contributed by atoms with Crippen molar-refractivity contribution < 1.29 is 9.53 Å². The molecule has 4 heteroatoms. The van der Waals surface area contributed by atoms with E-state index >= 15 is 0 Å². The monoisotopic (exact) mass is 370 g/mol. The van der Waals surface area contributed by atoms with Crippen LogP contribution in [0.25, 0.3) is 6.08 Å². The van der Waals surface area contributed by atoms with Gasteiger partial charge in [0.15, 0.2) is 0 Å². The lowest BCUT2D eigenvalue weighted by atomic mass is 10.0. The fourth-order valence-electron chi connectivity index (χ4n) is 3.78. The van der Waals surface area contributed by atoms with Crippen LogP contribution in [-0.2, 0) is 11.3 Å². The molecule has 0 N–H and O–H groups in total. The average Bonchev–Trinajstić information content (AvgIpc) is 2.63. The number of carbonyl (C=O) groups is 1. The van der Waals surface area contributed by atoms with E-state index in [1.807, 2.05) is 25.7 Å². The van der Waals surface area contributed by atoms with Crippen LogP contribution >= 0.6 is 0 Å². The Morgan fingerprint density at radius 3 is 2.22 bits per heavy atom. The van der Waals surface area contributed by atoms with Crippen LogP contribution in [0.4, 0.5) is 4.79 Å². The molecule has 0 aliphatic carbocycles. The summed E-state index contributed by atoms with van der Waals surface area (Å²) in [5.41, 5.74) is 3.65. The highest BCUT2D eigenvalue weighted by atomic mass is 16.6. The van der Waals surface area contributed by atoms with Crippen molar-refractivity contribution in [1.29, 1.82) is 0 Å². The van der Waals surface area contributed by atoms with Gasteiger partial charge in [0.05, 0.1) is 0 Å². The third-order valence-corrected chi connectivity index (χ3v) is 5.26. The molecule has 27 heavy (non-hydrogen) atoms. The standard InChI is InChI=1S/C23H34N2O2/c1-23(2,3)27-22(26)25-15-11-20(12-16-25)17-19-7-9-21(10-8-19)18-24-13-5-4-6-14-24/h7-10,17H,4-6,11-16,18H2,1-3H3. The first-order chi connectivity index (χ1) is 12.9. The van der Waals surface area contributed by atoms with Gasteiger partial charge in [-0.2, -0.15) is 0 Å². The zero-order valence-corrected chi connectivity index (χ0v) is 17.2. The number of amides is 1. The Morgan fingerprint density at radius 1 is 1.00 bits per heavy atom. The topological polar surface area (TPSA) is 32.8 Å². The number of ether oxygens (including phenoxy) is 1. The van der Waals surface area contributed by atoms with Crippen LogP contribution in [-0.4, -0.2) is 47.7 Å². The number of hydrogen-bond acceptors (Lipinski definition) is 3. The summed E-state index contributed by atoms with van der Waals surface area (Å²) in [6, 6.07) is 8.98. The van der Waals surface area contributed by atoms with Crippen molar-refractivity contribution in [3.05, 3.63) is 41.0 Å². The highest BCUT2D eigenvalue weighted by Crippen LogP contribution is 2.22. The van der Waals surface area contributed by atoms with Crippen molar-refractivity contribution in [2.24, 2.45) is 0 Å². The van der Waals surface area contributed by atoms with Gasteiger partial charge >= 0.3 is 6.09 Å². The molecule has 0 unspecified atom stereocenters. The molecule has 148 valence electrons. The number of nitrogens with zero attached hydrogens (tertiary/aromatic N) is 2. The van der Waals surface area contributed by atoms with Crippen molar-refractivity contribution in [3.63, 3.8) is 0 Å². The molecule has 0 bridgehead atoms. The minimum absolute atomic E-state index is 0.191. The van der Waals surface area contributed by atoms with Gasteiger partial charge in [0.1, 0.15) is 5.60 Å². The Kier molecular flexibility index (Phi) is 6.59. The molecular weight excluding hydrogens is 336 g/mol. The van der Waals surface area contributed by atoms with Crippen LogP contribution in [0.15, 0.2) is 29.8 Å². The first-order valence-corrected chi connectivity index (χ1v) is 10.4. The zero-order chi connectivity index (χ0) is 19.3. The van der Waals surface area contributed by atoms with E-state index in [1.54, 1.807) is 0 Å². The number of carbonyl (C=O) groups excluding carboxylic acids is 1. The van der Waals surface area contributed by atoms with Crippen molar-refractivity contribution in [2.75, 3.05) is 26.2 Å². The maximum Gasteiger partial charge on any atom is 0.410 e. The zero-order valence-electron chi connectivity index (χ0n) is 17.2. The van der Waals surface area contributed by atoms with E-state index in [1.165, 1.54) is 49.1 Å². The molecule has 2 aliphatic rings. The van der Waals surface area contributed by atoms with Crippen molar-refractivity contribution in [3.8, 4) is 0 Å². The predicted octanol–water partition coefficient (Wildman–Crippen LogP) is 5.09. The molecule has 4 nitrogen and oxygen atoms in total. The third-order valence-electron chi connectivity index (χ3n) is 5.26. The Morgan fingerprint density at radius 2 is 1.63 bits per heavy atom. The third kappa shape index (κ3) is 6.39.